The van der Waals surface area contributed by atoms with Gasteiger partial charge in [0.2, 0.25) is 0 Å². The molecule has 27 heavy (non-hydrogen) atoms. The molecule has 0 bridgehead atoms. The number of ether oxygens (including phenoxy) is 2. The molecule has 0 unspecified atom stereocenters. The molecule has 0 saturated carbocycles. The fourth-order valence-electron chi connectivity index (χ4n) is 2.96. The van der Waals surface area contributed by atoms with Crippen molar-refractivity contribution in [2.75, 3.05) is 41.4 Å². The molecule has 0 saturated heterocycles. The standard InChI is InChI=1S/C22H31N3O2/c1-23-22(24-15-8-11-18-9-6-5-7-10-18)25(2)16-14-19-12-13-20(26-3)21(17-19)27-4/h5-7,9-10,12-13,17H,8,11,14-16H2,1-4H3,(H,23,24). The largest absolute Gasteiger partial charge is 0.493 e. The lowest BCUT2D eigenvalue weighted by Crippen LogP contribution is -2.40. The third kappa shape index (κ3) is 6.51. The normalized spacial score (nSPS) is 11.2. The average molecular weight is 370 g/mol. The highest BCUT2D eigenvalue weighted by molar-refractivity contribution is 5.79. The molecule has 2 aromatic rings. The van der Waals surface area contributed by atoms with Crippen LogP contribution in [0.25, 0.3) is 0 Å². The van der Waals surface area contributed by atoms with Crippen LogP contribution in [0.4, 0.5) is 0 Å². The van der Waals surface area contributed by atoms with Crippen LogP contribution < -0.4 is 14.8 Å². The Morgan fingerprint density at radius 3 is 2.37 bits per heavy atom. The molecule has 146 valence electrons. The van der Waals surface area contributed by atoms with Gasteiger partial charge in [-0.2, -0.15) is 0 Å². The molecule has 5 heteroatoms. The van der Waals surface area contributed by atoms with Gasteiger partial charge in [0.15, 0.2) is 17.5 Å². The summed E-state index contributed by atoms with van der Waals surface area (Å²) >= 11 is 0. The molecule has 0 radical (unpaired) electrons. The average Bonchev–Trinajstić information content (AvgIpc) is 2.72. The minimum Gasteiger partial charge on any atom is -0.493 e. The molecule has 2 aromatic carbocycles. The van der Waals surface area contributed by atoms with Crippen LogP contribution in [0, 0.1) is 0 Å². The van der Waals surface area contributed by atoms with Crippen molar-refractivity contribution in [2.45, 2.75) is 19.3 Å². The lowest BCUT2D eigenvalue weighted by molar-refractivity contribution is 0.354. The van der Waals surface area contributed by atoms with Gasteiger partial charge < -0.3 is 19.7 Å². The van der Waals surface area contributed by atoms with E-state index in [-0.39, 0.29) is 0 Å². The van der Waals surface area contributed by atoms with E-state index in [4.69, 9.17) is 9.47 Å². The fraction of sp³-hybridized carbons (Fsp3) is 0.409. The second-order valence-corrected chi connectivity index (χ2v) is 6.42. The van der Waals surface area contributed by atoms with Crippen molar-refractivity contribution in [3.05, 3.63) is 59.7 Å². The molecule has 0 atom stereocenters. The molecule has 0 aliphatic carbocycles. The molecule has 1 N–H and O–H groups in total. The fourth-order valence-corrected chi connectivity index (χ4v) is 2.96. The first-order chi connectivity index (χ1) is 13.2. The lowest BCUT2D eigenvalue weighted by atomic mass is 10.1. The molecule has 0 fully saturated rings. The molecular formula is C22H31N3O2. The van der Waals surface area contributed by atoms with E-state index in [9.17, 15) is 0 Å². The number of benzene rings is 2. The van der Waals surface area contributed by atoms with E-state index in [1.54, 1.807) is 14.2 Å². The maximum Gasteiger partial charge on any atom is 0.193 e. The quantitative estimate of drug-likeness (QED) is 0.418. The Bertz CT molecular complexity index is 717. The summed E-state index contributed by atoms with van der Waals surface area (Å²) in [7, 11) is 7.20. The lowest BCUT2D eigenvalue weighted by Gasteiger charge is -2.22. The van der Waals surface area contributed by atoms with Crippen molar-refractivity contribution < 1.29 is 9.47 Å². The Balaban J connectivity index is 1.78. The van der Waals surface area contributed by atoms with Crippen LogP contribution in [-0.2, 0) is 12.8 Å². The number of rotatable bonds is 9. The molecule has 0 aliphatic rings. The maximum atomic E-state index is 5.38. The summed E-state index contributed by atoms with van der Waals surface area (Å²) in [4.78, 5) is 6.54. The number of nitrogens with one attached hydrogen (secondary N) is 1. The van der Waals surface area contributed by atoms with Gasteiger partial charge in [0, 0.05) is 27.2 Å². The number of guanidine groups is 1. The van der Waals surface area contributed by atoms with Gasteiger partial charge in [0.05, 0.1) is 14.2 Å². The highest BCUT2D eigenvalue weighted by atomic mass is 16.5. The highest BCUT2D eigenvalue weighted by Gasteiger charge is 2.08. The SMILES string of the molecule is CN=C(NCCCc1ccccc1)N(C)CCc1ccc(OC)c(OC)c1. The minimum absolute atomic E-state index is 0.755. The first kappa shape index (κ1) is 20.6. The van der Waals surface area contributed by atoms with E-state index in [1.165, 1.54) is 11.1 Å². The van der Waals surface area contributed by atoms with E-state index in [0.29, 0.717) is 0 Å². The van der Waals surface area contributed by atoms with E-state index in [2.05, 4.69) is 58.7 Å². The van der Waals surface area contributed by atoms with Gasteiger partial charge in [0.25, 0.3) is 0 Å². The van der Waals surface area contributed by atoms with E-state index >= 15 is 0 Å². The van der Waals surface area contributed by atoms with Gasteiger partial charge in [-0.05, 0) is 42.5 Å². The Morgan fingerprint density at radius 2 is 1.70 bits per heavy atom. The zero-order chi connectivity index (χ0) is 19.5. The molecule has 0 amide bonds. The summed E-state index contributed by atoms with van der Waals surface area (Å²) in [5.41, 5.74) is 2.58. The monoisotopic (exact) mass is 369 g/mol. The van der Waals surface area contributed by atoms with Gasteiger partial charge >= 0.3 is 0 Å². The Labute approximate surface area is 163 Å². The molecule has 0 spiro atoms. The predicted molar refractivity (Wildman–Crippen MR) is 112 cm³/mol. The van der Waals surface area contributed by atoms with Gasteiger partial charge in [-0.15, -0.1) is 0 Å². The number of aryl methyl sites for hydroxylation is 1. The second kappa shape index (κ2) is 11.1. The summed E-state index contributed by atoms with van der Waals surface area (Å²) < 4.78 is 10.7. The van der Waals surface area contributed by atoms with Crippen molar-refractivity contribution in [3.63, 3.8) is 0 Å². The second-order valence-electron chi connectivity index (χ2n) is 6.42. The Morgan fingerprint density at radius 1 is 0.963 bits per heavy atom. The number of nitrogens with zero attached hydrogens (tertiary/aromatic N) is 2. The zero-order valence-electron chi connectivity index (χ0n) is 16.9. The van der Waals surface area contributed by atoms with E-state index in [1.807, 2.05) is 19.2 Å². The number of likely N-dealkylation sites (N-methyl/N-ethyl adjacent to an activating group) is 1. The summed E-state index contributed by atoms with van der Waals surface area (Å²) in [6, 6.07) is 16.6. The molecule has 0 heterocycles. The highest BCUT2D eigenvalue weighted by Crippen LogP contribution is 2.27. The molecule has 0 aliphatic heterocycles. The molecule has 5 nitrogen and oxygen atoms in total. The molecule has 0 aromatic heterocycles. The zero-order valence-corrected chi connectivity index (χ0v) is 16.9. The smallest absolute Gasteiger partial charge is 0.193 e. The first-order valence-electron chi connectivity index (χ1n) is 9.34. The Hall–Kier alpha value is -2.69. The van der Waals surface area contributed by atoms with Crippen LogP contribution in [0.5, 0.6) is 11.5 Å². The van der Waals surface area contributed by atoms with Crippen LogP contribution in [0.2, 0.25) is 0 Å². The molecular weight excluding hydrogens is 338 g/mol. The minimum atomic E-state index is 0.755. The van der Waals surface area contributed by atoms with Crippen LogP contribution in [-0.4, -0.2) is 52.3 Å². The third-order valence-corrected chi connectivity index (χ3v) is 4.53. The number of aliphatic imine (C=N–C) groups is 1. The van der Waals surface area contributed by atoms with Crippen molar-refractivity contribution in [3.8, 4) is 11.5 Å². The van der Waals surface area contributed by atoms with Crippen LogP contribution >= 0.6 is 0 Å². The maximum absolute atomic E-state index is 5.38. The number of methoxy groups -OCH3 is 2. The van der Waals surface area contributed by atoms with Gasteiger partial charge in [-0.1, -0.05) is 36.4 Å². The van der Waals surface area contributed by atoms with Crippen LogP contribution in [0.3, 0.4) is 0 Å². The summed E-state index contributed by atoms with van der Waals surface area (Å²) in [5, 5.41) is 3.45. The number of hydrogen-bond donors (Lipinski definition) is 1. The third-order valence-electron chi connectivity index (χ3n) is 4.53. The number of hydrogen-bond acceptors (Lipinski definition) is 3. The Kier molecular flexibility index (Phi) is 8.49. The van der Waals surface area contributed by atoms with Gasteiger partial charge in [-0.25, -0.2) is 0 Å². The summed E-state index contributed by atoms with van der Waals surface area (Å²) in [6.45, 7) is 1.77. The van der Waals surface area contributed by atoms with E-state index < -0.39 is 0 Å². The van der Waals surface area contributed by atoms with Crippen LogP contribution in [0.15, 0.2) is 53.5 Å². The van der Waals surface area contributed by atoms with Gasteiger partial charge in [-0.3, -0.25) is 4.99 Å². The van der Waals surface area contributed by atoms with Gasteiger partial charge in [0.1, 0.15) is 0 Å². The molecule has 2 rings (SSSR count). The van der Waals surface area contributed by atoms with Crippen molar-refractivity contribution in [1.82, 2.24) is 10.2 Å². The summed E-state index contributed by atoms with van der Waals surface area (Å²) in [5.74, 6) is 2.44. The van der Waals surface area contributed by atoms with Crippen LogP contribution in [0.1, 0.15) is 17.5 Å². The van der Waals surface area contributed by atoms with E-state index in [0.717, 1.165) is 49.8 Å². The first-order valence-corrected chi connectivity index (χ1v) is 9.34. The van der Waals surface area contributed by atoms with Crippen molar-refractivity contribution >= 4 is 5.96 Å². The van der Waals surface area contributed by atoms with Crippen molar-refractivity contribution in [1.29, 1.82) is 0 Å². The van der Waals surface area contributed by atoms with Crippen molar-refractivity contribution in [2.24, 2.45) is 4.99 Å². The predicted octanol–water partition coefficient (Wildman–Crippen LogP) is 3.39. The summed E-state index contributed by atoms with van der Waals surface area (Å²) in [6.07, 6.45) is 3.05. The topological polar surface area (TPSA) is 46.1 Å².